The van der Waals surface area contributed by atoms with Crippen molar-refractivity contribution in [2.75, 3.05) is 11.9 Å². The Labute approximate surface area is 234 Å². The van der Waals surface area contributed by atoms with Gasteiger partial charge in [-0.1, -0.05) is 6.07 Å². The molecular weight excluding hydrogens is 681 g/mol. The maximum absolute atomic E-state index is 12.8. The van der Waals surface area contributed by atoms with Gasteiger partial charge < -0.3 is 14.2 Å². The summed E-state index contributed by atoms with van der Waals surface area (Å²) in [6.45, 7) is 1.84. The number of amides is 1. The summed E-state index contributed by atoms with van der Waals surface area (Å²) in [5, 5.41) is 23.0. The van der Waals surface area contributed by atoms with Crippen molar-refractivity contribution in [3.8, 4) is 17.6 Å². The molecule has 0 aliphatic carbocycles. The molecule has 13 heteroatoms. The number of carbonyl (C=O) groups excluding carboxylic acids is 1. The number of nitro benzene ring substituents is 1. The molecule has 0 saturated carbocycles. The van der Waals surface area contributed by atoms with Gasteiger partial charge in [-0.2, -0.15) is 13.7 Å². The fourth-order valence-electron chi connectivity index (χ4n) is 2.99. The molecule has 10 nitrogen and oxygen atoms in total. The minimum atomic E-state index is -4.38. The molecule has 0 heterocycles. The lowest BCUT2D eigenvalue weighted by atomic mass is 10.1. The molecular formula is C24H17BrIN3O7S. The SMILES string of the molecule is CCOc1cc(/C=C(\C#N)C(=O)Nc2cccc(I)c2)cc(Br)c1OS(=O)(=O)c1ccc([N+](=O)[O-])cc1. The summed E-state index contributed by atoms with van der Waals surface area (Å²) in [4.78, 5) is 22.5. The number of nitro groups is 1. The number of carbonyl (C=O) groups is 1. The Bertz CT molecular complexity index is 1530. The van der Waals surface area contributed by atoms with Gasteiger partial charge in [-0.15, -0.1) is 0 Å². The van der Waals surface area contributed by atoms with E-state index in [9.17, 15) is 28.6 Å². The minimum absolute atomic E-state index is 0.0314. The highest BCUT2D eigenvalue weighted by Crippen LogP contribution is 2.39. The van der Waals surface area contributed by atoms with Crippen LogP contribution in [0.25, 0.3) is 6.08 Å². The normalized spacial score (nSPS) is 11.4. The molecule has 0 unspecified atom stereocenters. The first kappa shape index (κ1) is 28.1. The monoisotopic (exact) mass is 697 g/mol. The van der Waals surface area contributed by atoms with Crippen LogP contribution in [0.1, 0.15) is 12.5 Å². The van der Waals surface area contributed by atoms with E-state index < -0.39 is 20.9 Å². The molecule has 37 heavy (non-hydrogen) atoms. The van der Waals surface area contributed by atoms with E-state index in [0.717, 1.165) is 27.8 Å². The van der Waals surface area contributed by atoms with Gasteiger partial charge in [0.25, 0.3) is 11.6 Å². The maximum atomic E-state index is 12.8. The van der Waals surface area contributed by atoms with Crippen LogP contribution < -0.4 is 14.2 Å². The fraction of sp³-hybridized carbons (Fsp3) is 0.0833. The van der Waals surface area contributed by atoms with Gasteiger partial charge in [-0.3, -0.25) is 14.9 Å². The van der Waals surface area contributed by atoms with E-state index in [1.165, 1.54) is 18.2 Å². The second-order valence-electron chi connectivity index (χ2n) is 7.19. The molecule has 0 aliphatic rings. The number of hydrogen-bond acceptors (Lipinski definition) is 8. The first-order valence-corrected chi connectivity index (χ1v) is 13.7. The summed E-state index contributed by atoms with van der Waals surface area (Å²) in [5.74, 6) is -0.761. The highest BCUT2D eigenvalue weighted by atomic mass is 127. The number of nitrogens with zero attached hydrogens (tertiary/aromatic N) is 2. The standard InChI is InChI=1S/C24H17BrIN3O7S/c1-2-35-22-12-15(10-16(14-27)24(30)28-18-5-3-4-17(26)13-18)11-21(25)23(22)36-37(33,34)20-8-6-19(7-9-20)29(31)32/h3-13H,2H2,1H3,(H,28,30)/b16-10+. The number of rotatable bonds is 9. The number of anilines is 1. The summed E-state index contributed by atoms with van der Waals surface area (Å²) in [6.07, 6.45) is 1.32. The van der Waals surface area contributed by atoms with Crippen molar-refractivity contribution >= 4 is 72.0 Å². The Kier molecular flexibility index (Phi) is 9.24. The molecule has 1 amide bonds. The van der Waals surface area contributed by atoms with Crippen molar-refractivity contribution < 1.29 is 27.1 Å². The average Bonchev–Trinajstić information content (AvgIpc) is 2.84. The molecule has 3 aromatic rings. The first-order valence-electron chi connectivity index (χ1n) is 10.4. The zero-order valence-corrected chi connectivity index (χ0v) is 23.5. The number of non-ortho nitro benzene ring substituents is 1. The Hall–Kier alpha value is -3.48. The zero-order chi connectivity index (χ0) is 27.2. The third-order valence-corrected chi connectivity index (χ3v) is 7.12. The molecule has 0 aromatic heterocycles. The quantitative estimate of drug-likeness (QED) is 0.0751. The average molecular weight is 698 g/mol. The molecule has 0 saturated heterocycles. The lowest BCUT2D eigenvalue weighted by Gasteiger charge is -2.14. The van der Waals surface area contributed by atoms with Gasteiger partial charge in [0.15, 0.2) is 11.5 Å². The second-order valence-corrected chi connectivity index (χ2v) is 10.8. The Morgan fingerprint density at radius 2 is 1.92 bits per heavy atom. The van der Waals surface area contributed by atoms with E-state index in [4.69, 9.17) is 8.92 Å². The van der Waals surface area contributed by atoms with Crippen LogP contribution in [0.4, 0.5) is 11.4 Å². The second kappa shape index (κ2) is 12.2. The molecule has 0 fully saturated rings. The zero-order valence-electron chi connectivity index (χ0n) is 19.0. The highest BCUT2D eigenvalue weighted by Gasteiger charge is 2.23. The van der Waals surface area contributed by atoms with Crippen LogP contribution in [0.5, 0.6) is 11.5 Å². The number of nitriles is 1. The lowest BCUT2D eigenvalue weighted by Crippen LogP contribution is -2.13. The van der Waals surface area contributed by atoms with Gasteiger partial charge in [-0.25, -0.2) is 0 Å². The van der Waals surface area contributed by atoms with Crippen molar-refractivity contribution in [2.24, 2.45) is 0 Å². The molecule has 0 spiro atoms. The van der Waals surface area contributed by atoms with E-state index in [0.29, 0.717) is 11.3 Å². The van der Waals surface area contributed by atoms with Gasteiger partial charge in [-0.05, 0) is 99.5 Å². The van der Waals surface area contributed by atoms with Crippen molar-refractivity contribution in [3.05, 3.63) is 90.0 Å². The predicted octanol–water partition coefficient (Wildman–Crippen LogP) is 5.67. The van der Waals surface area contributed by atoms with Crippen molar-refractivity contribution in [2.45, 2.75) is 11.8 Å². The van der Waals surface area contributed by atoms with E-state index in [2.05, 4.69) is 43.8 Å². The molecule has 3 aromatic carbocycles. The van der Waals surface area contributed by atoms with Gasteiger partial charge in [0.1, 0.15) is 16.5 Å². The molecule has 1 N–H and O–H groups in total. The van der Waals surface area contributed by atoms with Crippen molar-refractivity contribution in [3.63, 3.8) is 0 Å². The van der Waals surface area contributed by atoms with Gasteiger partial charge >= 0.3 is 10.1 Å². The highest BCUT2D eigenvalue weighted by molar-refractivity contribution is 14.1. The van der Waals surface area contributed by atoms with E-state index in [-0.39, 0.29) is 38.7 Å². The summed E-state index contributed by atoms with van der Waals surface area (Å²) < 4.78 is 37.5. The van der Waals surface area contributed by atoms with Crippen LogP contribution in [0.15, 0.2) is 75.6 Å². The molecule has 0 radical (unpaired) electrons. The number of halogens is 2. The van der Waals surface area contributed by atoms with Crippen LogP contribution in [-0.2, 0) is 14.9 Å². The number of benzene rings is 3. The number of nitrogens with one attached hydrogen (secondary N) is 1. The van der Waals surface area contributed by atoms with Crippen LogP contribution in [0.2, 0.25) is 0 Å². The Balaban J connectivity index is 1.93. The van der Waals surface area contributed by atoms with E-state index in [1.807, 2.05) is 12.1 Å². The molecule has 0 bridgehead atoms. The van der Waals surface area contributed by atoms with Gasteiger partial charge in [0.2, 0.25) is 0 Å². The molecule has 0 aliphatic heterocycles. The summed E-state index contributed by atoms with van der Waals surface area (Å²) >= 11 is 5.36. The summed E-state index contributed by atoms with van der Waals surface area (Å²) in [6, 6.07) is 16.0. The van der Waals surface area contributed by atoms with Crippen LogP contribution >= 0.6 is 38.5 Å². The Morgan fingerprint density at radius 1 is 1.22 bits per heavy atom. The van der Waals surface area contributed by atoms with Crippen LogP contribution in [0, 0.1) is 25.0 Å². The smallest absolute Gasteiger partial charge is 0.339 e. The van der Waals surface area contributed by atoms with Crippen molar-refractivity contribution in [1.29, 1.82) is 5.26 Å². The van der Waals surface area contributed by atoms with Crippen LogP contribution in [0.3, 0.4) is 0 Å². The van der Waals surface area contributed by atoms with Crippen LogP contribution in [-0.4, -0.2) is 25.9 Å². The fourth-order valence-corrected chi connectivity index (χ4v) is 5.14. The molecule has 190 valence electrons. The maximum Gasteiger partial charge on any atom is 0.339 e. The molecule has 3 rings (SSSR count). The largest absolute Gasteiger partial charge is 0.490 e. The summed E-state index contributed by atoms with van der Waals surface area (Å²) in [5.41, 5.74) is 0.421. The first-order chi connectivity index (χ1) is 17.5. The third kappa shape index (κ3) is 7.28. The number of ether oxygens (including phenoxy) is 1. The third-order valence-electron chi connectivity index (χ3n) is 4.62. The van der Waals surface area contributed by atoms with E-state index in [1.54, 1.807) is 25.1 Å². The van der Waals surface area contributed by atoms with Gasteiger partial charge in [0, 0.05) is 21.4 Å². The minimum Gasteiger partial charge on any atom is -0.490 e. The van der Waals surface area contributed by atoms with E-state index >= 15 is 0 Å². The van der Waals surface area contributed by atoms with Crippen molar-refractivity contribution in [1.82, 2.24) is 0 Å². The lowest BCUT2D eigenvalue weighted by molar-refractivity contribution is -0.384. The number of hydrogen-bond donors (Lipinski definition) is 1. The molecule has 0 atom stereocenters. The van der Waals surface area contributed by atoms with Gasteiger partial charge in [0.05, 0.1) is 16.0 Å². The Morgan fingerprint density at radius 3 is 2.51 bits per heavy atom. The topological polar surface area (TPSA) is 149 Å². The predicted molar refractivity (Wildman–Crippen MR) is 148 cm³/mol. The summed E-state index contributed by atoms with van der Waals surface area (Å²) in [7, 11) is -4.38.